The molecule has 2 aliphatic rings. The van der Waals surface area contributed by atoms with Crippen molar-refractivity contribution in [1.29, 1.82) is 0 Å². The Morgan fingerprint density at radius 2 is 0.956 bits per heavy atom. The molecule has 0 spiro atoms. The highest BCUT2D eigenvalue weighted by molar-refractivity contribution is 6.22. The SMILES string of the molecule is CCn1c2ccc(-c3ccc4ccc(C5C=Cc6ccc(-n7c8c(C)c(C)c(C)c(C9=CCCC(c%10c(C)nc(C)nc%10C)C9)c8c8c(-c9cccc(-c%10c(C)ncnc%10C)c9)c(C)c(C)c(C)c87)cc6C5)cc4c3)cc2c2cc(-c3cccc(-c4c(C)cc(C)nc4C)c3)c(-c3cccc(-c4c(C)cc(C)nc4C)c3)cc21. The number of fused-ring (bicyclic) bond motifs is 8. The first-order valence-electron chi connectivity index (χ1n) is 40.5. The third-order valence-corrected chi connectivity index (χ3v) is 25.8. The van der Waals surface area contributed by atoms with Crippen LogP contribution in [0, 0.1) is 118 Å². The average molecular weight is 1470 g/mol. The first-order valence-corrected chi connectivity index (χ1v) is 40.5. The molecule has 2 unspecified atom stereocenters. The summed E-state index contributed by atoms with van der Waals surface area (Å²) in [6, 6.07) is 65.5. The number of hydrogen-bond acceptors (Lipinski definition) is 6. The molecule has 0 saturated heterocycles. The lowest BCUT2D eigenvalue weighted by molar-refractivity contribution is 0.611. The van der Waals surface area contributed by atoms with Gasteiger partial charge in [0.25, 0.3) is 0 Å². The lowest BCUT2D eigenvalue weighted by Crippen LogP contribution is -2.12. The monoisotopic (exact) mass is 1470 g/mol. The third-order valence-electron chi connectivity index (χ3n) is 25.8. The number of nitrogens with zero attached hydrogens (tertiary/aromatic N) is 8. The molecule has 0 N–H and O–H groups in total. The molecular formula is C105H98N8. The van der Waals surface area contributed by atoms with Crippen molar-refractivity contribution in [1.82, 2.24) is 39.0 Å². The van der Waals surface area contributed by atoms with Crippen LogP contribution in [0.25, 0.3) is 150 Å². The minimum absolute atomic E-state index is 0.167. The number of allylic oxidation sites excluding steroid dienone is 3. The number of aryl methyl sites for hydroxylation is 14. The Kier molecular flexibility index (Phi) is 18.0. The van der Waals surface area contributed by atoms with Crippen LogP contribution >= 0.6 is 0 Å². The molecule has 8 nitrogen and oxygen atoms in total. The lowest BCUT2D eigenvalue weighted by atomic mass is 9.77. The van der Waals surface area contributed by atoms with Gasteiger partial charge in [0.2, 0.25) is 0 Å². The zero-order valence-corrected chi connectivity index (χ0v) is 68.7. The molecule has 558 valence electrons. The van der Waals surface area contributed by atoms with Gasteiger partial charge in [0.15, 0.2) is 0 Å². The first kappa shape index (κ1) is 72.5. The van der Waals surface area contributed by atoms with E-state index in [0.29, 0.717) is 5.92 Å². The standard InChI is InChI=1S/C105H98N8/c1-19-112-94-41-39-78(52-92(94)93-53-90(79-24-20-26-81(47-79)96-56(2)42-58(4)108-68(96)14)91(54-95(93)112)80-25-21-27-82(48-80)97-57(3)43-59(5)109-69(97)15)77-37-33-73-32-35-75(44-87(73)45-77)76-36-34-74-38-40-89(51-88(74)46-76)113-104-64(10)60(6)62(8)98(83-28-22-30-85(49-83)100-66(12)106-55-107-67(100)13)102(104)103-99(63(9)61(7)65(11)105(103)113)84-29-23-31-86(50-84)101-70(16)110-72(18)111-71(101)17/h20-22,24-30,32-45,47-49,51-55,76,86H,19,23,31,46,50H2,1-18H3. The highest BCUT2D eigenvalue weighted by atomic mass is 15.0. The van der Waals surface area contributed by atoms with Crippen LogP contribution in [0.1, 0.15) is 162 Å². The van der Waals surface area contributed by atoms with Crippen molar-refractivity contribution < 1.29 is 0 Å². The van der Waals surface area contributed by atoms with E-state index in [4.69, 9.17) is 29.9 Å². The Bertz CT molecular complexity index is 6730. The third kappa shape index (κ3) is 12.2. The van der Waals surface area contributed by atoms with Crippen molar-refractivity contribution >= 4 is 66.0 Å². The molecule has 0 fully saturated rings. The minimum atomic E-state index is 0.167. The normalized spacial score (nSPS) is 14.4. The summed E-state index contributed by atoms with van der Waals surface area (Å²) in [7, 11) is 0. The van der Waals surface area contributed by atoms with Gasteiger partial charge in [-0.05, 0) is 379 Å². The van der Waals surface area contributed by atoms with Crippen molar-refractivity contribution in [3.8, 4) is 83.6 Å². The van der Waals surface area contributed by atoms with E-state index in [1.807, 2.05) is 6.92 Å². The molecule has 6 aromatic heterocycles. The lowest BCUT2D eigenvalue weighted by Gasteiger charge is -2.28. The smallest absolute Gasteiger partial charge is 0.125 e. The zero-order valence-electron chi connectivity index (χ0n) is 68.7. The van der Waals surface area contributed by atoms with E-state index in [-0.39, 0.29) is 5.92 Å². The van der Waals surface area contributed by atoms with Gasteiger partial charge >= 0.3 is 0 Å². The molecule has 0 bridgehead atoms. The summed E-state index contributed by atoms with van der Waals surface area (Å²) in [5, 5.41) is 7.60. The second kappa shape index (κ2) is 28.0. The van der Waals surface area contributed by atoms with Gasteiger partial charge in [-0.1, -0.05) is 115 Å². The summed E-state index contributed by atoms with van der Waals surface area (Å²) >= 11 is 0. The molecule has 18 rings (SSSR count). The van der Waals surface area contributed by atoms with Gasteiger partial charge in [-0.3, -0.25) is 9.97 Å². The highest BCUT2D eigenvalue weighted by Gasteiger charge is 2.33. The second-order valence-electron chi connectivity index (χ2n) is 32.9. The number of benzene rings is 10. The van der Waals surface area contributed by atoms with Crippen molar-refractivity contribution in [3.63, 3.8) is 0 Å². The predicted octanol–water partition coefficient (Wildman–Crippen LogP) is 27.1. The summed E-state index contributed by atoms with van der Waals surface area (Å²) < 4.78 is 5.19. The Hall–Kier alpha value is -12.0. The summed E-state index contributed by atoms with van der Waals surface area (Å²) in [4.78, 5) is 29.3. The quantitative estimate of drug-likeness (QED) is 0.121. The van der Waals surface area contributed by atoms with Crippen molar-refractivity contribution in [2.45, 2.75) is 169 Å². The summed E-state index contributed by atoms with van der Waals surface area (Å²) in [6.07, 6.45) is 12.9. The summed E-state index contributed by atoms with van der Waals surface area (Å²) in [6.45, 7) is 40.8. The summed E-state index contributed by atoms with van der Waals surface area (Å²) in [5.74, 6) is 1.30. The Morgan fingerprint density at radius 1 is 0.407 bits per heavy atom. The van der Waals surface area contributed by atoms with Crippen molar-refractivity contribution in [2.75, 3.05) is 0 Å². The zero-order chi connectivity index (χ0) is 78.4. The van der Waals surface area contributed by atoms with E-state index in [0.717, 1.165) is 94.7 Å². The topological polar surface area (TPSA) is 87.2 Å². The van der Waals surface area contributed by atoms with Crippen LogP contribution in [0.5, 0.6) is 0 Å². The summed E-state index contributed by atoms with van der Waals surface area (Å²) in [5.41, 5.74) is 49.5. The van der Waals surface area contributed by atoms with Gasteiger partial charge in [0.05, 0.1) is 11.0 Å². The Labute approximate surface area is 665 Å². The molecule has 10 aromatic carbocycles. The van der Waals surface area contributed by atoms with Crippen LogP contribution < -0.4 is 0 Å². The number of hydrogen-bond donors (Lipinski definition) is 0. The van der Waals surface area contributed by atoms with Gasteiger partial charge < -0.3 is 9.13 Å². The molecule has 0 aliphatic heterocycles. The van der Waals surface area contributed by atoms with Crippen LogP contribution in [0.4, 0.5) is 0 Å². The highest BCUT2D eigenvalue weighted by Crippen LogP contribution is 2.53. The number of aromatic nitrogens is 8. The largest absolute Gasteiger partial charge is 0.341 e. The van der Waals surface area contributed by atoms with Gasteiger partial charge in [0, 0.05) is 113 Å². The van der Waals surface area contributed by atoms with Gasteiger partial charge in [-0.25, -0.2) is 19.9 Å². The second-order valence-corrected chi connectivity index (χ2v) is 32.9. The van der Waals surface area contributed by atoms with E-state index in [2.05, 4.69) is 315 Å². The molecule has 8 heteroatoms. The molecule has 16 aromatic rings. The first-order chi connectivity index (χ1) is 54.5. The van der Waals surface area contributed by atoms with Crippen LogP contribution in [0.2, 0.25) is 0 Å². The molecular weight excluding hydrogens is 1370 g/mol. The average Bonchev–Trinajstić information content (AvgIpc) is 1.54. The van der Waals surface area contributed by atoms with E-state index in [1.165, 1.54) is 205 Å². The fraction of sp³-hybridized carbons (Fsp3) is 0.238. The number of rotatable bonds is 12. The predicted molar refractivity (Wildman–Crippen MR) is 475 cm³/mol. The van der Waals surface area contributed by atoms with E-state index < -0.39 is 0 Å². The fourth-order valence-electron chi connectivity index (χ4n) is 20.4. The van der Waals surface area contributed by atoms with E-state index in [9.17, 15) is 0 Å². The Morgan fingerprint density at radius 3 is 1.58 bits per heavy atom. The fourth-order valence-corrected chi connectivity index (χ4v) is 20.4. The maximum atomic E-state index is 4.97. The van der Waals surface area contributed by atoms with Gasteiger partial charge in [-0.15, -0.1) is 0 Å². The van der Waals surface area contributed by atoms with Gasteiger partial charge in [0.1, 0.15) is 12.2 Å². The Balaban J connectivity index is 0.746. The molecule has 0 amide bonds. The number of pyridine rings is 2. The minimum Gasteiger partial charge on any atom is -0.341 e. The van der Waals surface area contributed by atoms with Crippen molar-refractivity contribution in [2.24, 2.45) is 0 Å². The van der Waals surface area contributed by atoms with Crippen LogP contribution in [-0.2, 0) is 13.0 Å². The molecule has 2 aliphatic carbocycles. The molecule has 0 radical (unpaired) electrons. The molecule has 0 saturated carbocycles. The van der Waals surface area contributed by atoms with Crippen LogP contribution in [0.3, 0.4) is 0 Å². The van der Waals surface area contributed by atoms with Crippen LogP contribution in [-0.4, -0.2) is 39.0 Å². The van der Waals surface area contributed by atoms with E-state index >= 15 is 0 Å². The van der Waals surface area contributed by atoms with E-state index in [1.54, 1.807) is 6.33 Å². The maximum Gasteiger partial charge on any atom is 0.125 e. The molecule has 2 atom stereocenters. The maximum absolute atomic E-state index is 4.97. The van der Waals surface area contributed by atoms with Gasteiger partial charge in [-0.2, -0.15) is 0 Å². The molecule has 113 heavy (non-hydrogen) atoms. The molecule has 6 heterocycles. The van der Waals surface area contributed by atoms with Crippen LogP contribution in [0.15, 0.2) is 188 Å². The van der Waals surface area contributed by atoms with Crippen molar-refractivity contribution in [3.05, 3.63) is 312 Å².